The number of ether oxygens (including phenoxy) is 2. The molecule has 0 aliphatic carbocycles. The molecule has 6 heterocycles. The highest BCUT2D eigenvalue weighted by atomic mass is 16.5. The van der Waals surface area contributed by atoms with E-state index >= 15 is 0 Å². The molecule has 6 bridgehead atoms. The van der Waals surface area contributed by atoms with Crippen LogP contribution in [0.2, 0.25) is 0 Å². The van der Waals surface area contributed by atoms with Crippen LogP contribution in [0.5, 0.6) is 5.75 Å². The standard InChI is InChI=1S/C50H65N9O8/c1-9-58-41-15-14-31-22-36(41)37(44(58)35-12-10-16-51-42(35)29(4)66-8)23-50(5,6)27-67-48(64)38-13-11-17-59(55-38)47(63)39(20-30-18-32(31)21-34(60)19-30)54-46(62)43(28(2)3)56(7)49(65)57-25-33(26-57)53-45(61)40-24-52-40/h10,12,14-16,18-19,21-22,28-29,33,38-40,43,52,55,60H,9,11,13,17,20,23-27H2,1-8H3,(H,53,61)(H,54,62)/t29-,38-,39-,40+,43?/m0/s1. The number of pyridine rings is 1. The zero-order valence-corrected chi connectivity index (χ0v) is 39.8. The van der Waals surface area contributed by atoms with Crippen LogP contribution in [-0.4, -0.2) is 136 Å². The molecule has 5 amide bonds. The maximum atomic E-state index is 14.7. The fourth-order valence-corrected chi connectivity index (χ4v) is 9.86. The van der Waals surface area contributed by atoms with Crippen LogP contribution in [0.4, 0.5) is 4.79 Å². The normalized spacial score (nSPS) is 21.8. The van der Waals surface area contributed by atoms with E-state index in [0.717, 1.165) is 44.5 Å². The number of hydrogen-bond donors (Lipinski definition) is 5. The number of esters is 1. The Hall–Kier alpha value is -6.04. The second-order valence-corrected chi connectivity index (χ2v) is 19.7. The molecule has 1 unspecified atom stereocenters. The zero-order chi connectivity index (χ0) is 47.9. The Morgan fingerprint density at radius 3 is 2.52 bits per heavy atom. The van der Waals surface area contributed by atoms with Gasteiger partial charge in [0.2, 0.25) is 11.8 Å². The summed E-state index contributed by atoms with van der Waals surface area (Å²) in [6.07, 6.45) is 2.97. The number of rotatable bonds is 10. The summed E-state index contributed by atoms with van der Waals surface area (Å²) in [5.74, 6) is -1.93. The second kappa shape index (κ2) is 19.3. The molecule has 17 nitrogen and oxygen atoms in total. The molecular weight excluding hydrogens is 855 g/mol. The number of nitrogens with zero attached hydrogens (tertiary/aromatic N) is 5. The average molecular weight is 920 g/mol. The van der Waals surface area contributed by atoms with Crippen molar-refractivity contribution in [3.05, 3.63) is 71.5 Å². The number of fused-ring (bicyclic) bond motifs is 6. The lowest BCUT2D eigenvalue weighted by atomic mass is 9.84. The maximum absolute atomic E-state index is 14.7. The lowest BCUT2D eigenvalue weighted by Crippen LogP contribution is -2.66. The number of phenolic OH excluding ortho intramolecular Hbond substituents is 1. The van der Waals surface area contributed by atoms with E-state index in [0.29, 0.717) is 51.0 Å². The first kappa shape index (κ1) is 47.5. The third kappa shape index (κ3) is 10.00. The van der Waals surface area contributed by atoms with Crippen molar-refractivity contribution in [3.8, 4) is 28.1 Å². The van der Waals surface area contributed by atoms with E-state index in [1.165, 1.54) is 9.91 Å². The third-order valence-electron chi connectivity index (χ3n) is 13.5. The number of hydrazine groups is 1. The molecular formula is C50H65N9O8. The number of carbonyl (C=O) groups excluding carboxylic acids is 5. The monoisotopic (exact) mass is 919 g/mol. The van der Waals surface area contributed by atoms with Crippen molar-refractivity contribution in [2.45, 2.75) is 110 Å². The molecule has 3 fully saturated rings. The van der Waals surface area contributed by atoms with Gasteiger partial charge in [-0.05, 0) is 97.7 Å². The number of aromatic hydroxyl groups is 1. The third-order valence-corrected chi connectivity index (χ3v) is 13.5. The molecule has 4 aliphatic rings. The molecule has 358 valence electrons. The minimum atomic E-state index is -1.16. The number of amides is 5. The lowest BCUT2D eigenvalue weighted by molar-refractivity contribution is -0.155. The smallest absolute Gasteiger partial charge is 0.324 e. The quantitative estimate of drug-likeness (QED) is 0.112. The molecule has 4 aromatic rings. The molecule has 2 aromatic carbocycles. The van der Waals surface area contributed by atoms with Gasteiger partial charge in [-0.25, -0.2) is 10.2 Å². The number of urea groups is 1. The Labute approximate surface area is 391 Å². The van der Waals surface area contributed by atoms with Gasteiger partial charge in [-0.2, -0.15) is 0 Å². The summed E-state index contributed by atoms with van der Waals surface area (Å²) >= 11 is 0. The number of aryl methyl sites for hydroxylation is 1. The Kier molecular flexibility index (Phi) is 13.7. The predicted octanol–water partition coefficient (Wildman–Crippen LogP) is 4.30. The van der Waals surface area contributed by atoms with Crippen LogP contribution in [-0.2, 0) is 48.0 Å². The average Bonchev–Trinajstić information content (AvgIpc) is 4.11. The number of likely N-dealkylation sites (N-methyl/N-ethyl adjacent to an activating group) is 1. The molecule has 17 heteroatoms. The van der Waals surface area contributed by atoms with Gasteiger partial charge >= 0.3 is 12.0 Å². The second-order valence-electron chi connectivity index (χ2n) is 19.7. The Balaban J connectivity index is 1.16. The van der Waals surface area contributed by atoms with Crippen LogP contribution in [0.3, 0.4) is 0 Å². The van der Waals surface area contributed by atoms with Crippen LogP contribution in [0.15, 0.2) is 54.7 Å². The van der Waals surface area contributed by atoms with E-state index in [1.807, 2.05) is 39.0 Å². The van der Waals surface area contributed by atoms with Crippen molar-refractivity contribution in [2.24, 2.45) is 11.3 Å². The van der Waals surface area contributed by atoms with Crippen LogP contribution in [0, 0.1) is 11.3 Å². The van der Waals surface area contributed by atoms with Crippen molar-refractivity contribution >= 4 is 40.6 Å². The molecule has 0 radical (unpaired) electrons. The number of phenols is 1. The molecule has 0 spiro atoms. The number of nitrogens with one attached hydrogen (secondary N) is 4. The summed E-state index contributed by atoms with van der Waals surface area (Å²) in [5.41, 5.74) is 9.54. The fraction of sp³-hybridized carbons (Fsp3) is 0.520. The van der Waals surface area contributed by atoms with Crippen molar-refractivity contribution < 1.29 is 38.6 Å². The van der Waals surface area contributed by atoms with E-state index in [1.54, 1.807) is 37.4 Å². The van der Waals surface area contributed by atoms with Gasteiger partial charge < -0.3 is 44.9 Å². The summed E-state index contributed by atoms with van der Waals surface area (Å²) < 4.78 is 14.2. The number of aromatic nitrogens is 2. The van der Waals surface area contributed by atoms with Gasteiger partial charge in [0.25, 0.3) is 5.91 Å². The number of methoxy groups -OCH3 is 1. The molecule has 8 rings (SSSR count). The number of cyclic esters (lactones) is 1. The zero-order valence-electron chi connectivity index (χ0n) is 39.8. The first-order valence-electron chi connectivity index (χ1n) is 23.5. The van der Waals surface area contributed by atoms with Gasteiger partial charge in [0.05, 0.1) is 36.2 Å². The highest BCUT2D eigenvalue weighted by molar-refractivity contribution is 5.96. The number of benzene rings is 2. The summed E-state index contributed by atoms with van der Waals surface area (Å²) in [4.78, 5) is 76.9. The number of hydrogen-bond acceptors (Lipinski definition) is 11. The lowest BCUT2D eigenvalue weighted by Gasteiger charge is -2.43. The summed E-state index contributed by atoms with van der Waals surface area (Å²) in [7, 11) is 3.24. The van der Waals surface area contributed by atoms with Crippen LogP contribution >= 0.6 is 0 Å². The van der Waals surface area contributed by atoms with E-state index in [4.69, 9.17) is 14.5 Å². The van der Waals surface area contributed by atoms with Gasteiger partial charge in [-0.3, -0.25) is 29.2 Å². The van der Waals surface area contributed by atoms with Crippen molar-refractivity contribution in [3.63, 3.8) is 0 Å². The Bertz CT molecular complexity index is 2550. The van der Waals surface area contributed by atoms with E-state index in [9.17, 15) is 29.1 Å². The minimum absolute atomic E-state index is 0.00932. The Morgan fingerprint density at radius 2 is 1.82 bits per heavy atom. The minimum Gasteiger partial charge on any atom is -0.508 e. The molecule has 5 N–H and O–H groups in total. The van der Waals surface area contributed by atoms with Gasteiger partial charge in [-0.1, -0.05) is 39.8 Å². The van der Waals surface area contributed by atoms with Gasteiger partial charge in [-0.15, -0.1) is 0 Å². The largest absolute Gasteiger partial charge is 0.508 e. The van der Waals surface area contributed by atoms with Crippen LogP contribution < -0.4 is 21.4 Å². The van der Waals surface area contributed by atoms with Crippen molar-refractivity contribution in [1.82, 2.24) is 45.7 Å². The van der Waals surface area contributed by atoms with Crippen molar-refractivity contribution in [2.75, 3.05) is 46.9 Å². The van der Waals surface area contributed by atoms with Gasteiger partial charge in [0, 0.05) is 81.4 Å². The Morgan fingerprint density at radius 1 is 1.06 bits per heavy atom. The van der Waals surface area contributed by atoms with Gasteiger partial charge in [0.1, 0.15) is 23.9 Å². The van der Waals surface area contributed by atoms with Gasteiger partial charge in [0.15, 0.2) is 0 Å². The highest BCUT2D eigenvalue weighted by Gasteiger charge is 2.42. The summed E-state index contributed by atoms with van der Waals surface area (Å²) in [5, 5.41) is 22.6. The fourth-order valence-electron chi connectivity index (χ4n) is 9.86. The van der Waals surface area contributed by atoms with E-state index in [2.05, 4.69) is 64.9 Å². The first-order valence-corrected chi connectivity index (χ1v) is 23.5. The topological polar surface area (TPSA) is 210 Å². The highest BCUT2D eigenvalue weighted by Crippen LogP contribution is 2.42. The predicted molar refractivity (Wildman–Crippen MR) is 252 cm³/mol. The summed E-state index contributed by atoms with van der Waals surface area (Å²) in [6.45, 7) is 14.2. The number of likely N-dealkylation sites (tertiary alicyclic amines) is 1. The molecule has 3 saturated heterocycles. The SMILES string of the molecule is CCn1c(-c2cccnc2[C@H](C)OC)c2c3cc(ccc31)-c1cc(O)cc(c1)C[C@H](NC(=O)C(C(C)C)N(C)C(=O)N1CC(NC(=O)[C@H]3CN3)C1)C(=O)N1CCC[C@H](N1)C(=O)OCC(C)(C)C2. The molecule has 0 saturated carbocycles. The van der Waals surface area contributed by atoms with E-state index < -0.39 is 41.3 Å². The molecule has 4 aliphatic heterocycles. The summed E-state index contributed by atoms with van der Waals surface area (Å²) in [6, 6.07) is 11.8. The maximum Gasteiger partial charge on any atom is 0.324 e. The first-order chi connectivity index (χ1) is 32.0. The molecule has 2 aromatic heterocycles. The molecule has 5 atom stereocenters. The number of carbonyl (C=O) groups is 5. The van der Waals surface area contributed by atoms with Crippen LogP contribution in [0.1, 0.15) is 77.3 Å². The van der Waals surface area contributed by atoms with E-state index in [-0.39, 0.29) is 61.4 Å². The van der Waals surface area contributed by atoms with Crippen molar-refractivity contribution in [1.29, 1.82) is 0 Å². The van der Waals surface area contributed by atoms with Crippen LogP contribution in [0.25, 0.3) is 33.3 Å². The molecule has 67 heavy (non-hydrogen) atoms.